The number of carbonyl (C=O) groups is 3. The van der Waals surface area contributed by atoms with Gasteiger partial charge in [-0.25, -0.2) is 0 Å². The molecule has 2 fully saturated rings. The average molecular weight is 466 g/mol. The molecule has 2 aromatic carbocycles. The van der Waals surface area contributed by atoms with Crippen molar-refractivity contribution < 1.29 is 23.9 Å². The molecule has 2 aliphatic heterocycles. The Morgan fingerprint density at radius 3 is 2.21 bits per heavy atom. The van der Waals surface area contributed by atoms with E-state index in [0.717, 1.165) is 37.8 Å². The summed E-state index contributed by atoms with van der Waals surface area (Å²) in [6.07, 6.45) is 4.54. The fraction of sp³-hybridized carbons (Fsp3) is 0.423. The molecule has 180 valence electrons. The summed E-state index contributed by atoms with van der Waals surface area (Å²) in [6.45, 7) is 2.71. The zero-order valence-electron chi connectivity index (χ0n) is 19.8. The van der Waals surface area contributed by atoms with E-state index >= 15 is 0 Å². The molecule has 2 heterocycles. The molecular formula is C26H31N3O5. The number of rotatable bonds is 7. The number of anilines is 1. The summed E-state index contributed by atoms with van der Waals surface area (Å²) in [5, 5.41) is 2.89. The van der Waals surface area contributed by atoms with Crippen molar-refractivity contribution in [3.63, 3.8) is 0 Å². The van der Waals surface area contributed by atoms with E-state index in [0.29, 0.717) is 54.4 Å². The molecular weight excluding hydrogens is 434 g/mol. The van der Waals surface area contributed by atoms with Crippen LogP contribution in [0.4, 0.5) is 5.69 Å². The molecule has 0 atom stereocenters. The maximum absolute atomic E-state index is 13.3. The topological polar surface area (TPSA) is 88.2 Å². The van der Waals surface area contributed by atoms with Gasteiger partial charge in [-0.3, -0.25) is 14.4 Å². The molecule has 0 radical (unpaired) electrons. The van der Waals surface area contributed by atoms with Crippen LogP contribution in [-0.4, -0.2) is 61.4 Å². The highest BCUT2D eigenvalue weighted by atomic mass is 16.5. The van der Waals surface area contributed by atoms with Gasteiger partial charge in [-0.15, -0.1) is 0 Å². The van der Waals surface area contributed by atoms with Crippen molar-refractivity contribution in [2.24, 2.45) is 0 Å². The van der Waals surface area contributed by atoms with Gasteiger partial charge in [-0.1, -0.05) is 12.1 Å². The molecule has 34 heavy (non-hydrogen) atoms. The monoisotopic (exact) mass is 465 g/mol. The minimum absolute atomic E-state index is 0.137. The summed E-state index contributed by atoms with van der Waals surface area (Å²) in [5.41, 5.74) is 2.18. The van der Waals surface area contributed by atoms with Gasteiger partial charge in [0, 0.05) is 44.2 Å². The van der Waals surface area contributed by atoms with Crippen LogP contribution in [-0.2, 0) is 11.3 Å². The summed E-state index contributed by atoms with van der Waals surface area (Å²) >= 11 is 0. The van der Waals surface area contributed by atoms with Gasteiger partial charge in [0.15, 0.2) is 11.5 Å². The molecule has 4 rings (SSSR count). The minimum atomic E-state index is -0.330. The number of nitrogens with zero attached hydrogens (tertiary/aromatic N) is 2. The number of benzene rings is 2. The molecule has 8 heteroatoms. The van der Waals surface area contributed by atoms with Crippen molar-refractivity contribution in [2.45, 2.75) is 38.6 Å². The van der Waals surface area contributed by atoms with E-state index < -0.39 is 0 Å². The highest BCUT2D eigenvalue weighted by molar-refractivity contribution is 6.09. The van der Waals surface area contributed by atoms with Crippen molar-refractivity contribution in [3.8, 4) is 11.5 Å². The van der Waals surface area contributed by atoms with Crippen molar-refractivity contribution in [3.05, 3.63) is 53.1 Å². The second-order valence-electron chi connectivity index (χ2n) is 8.68. The van der Waals surface area contributed by atoms with E-state index in [1.54, 1.807) is 24.3 Å². The Morgan fingerprint density at radius 1 is 0.912 bits per heavy atom. The van der Waals surface area contributed by atoms with E-state index in [2.05, 4.69) is 5.32 Å². The number of carbonyl (C=O) groups excluding carboxylic acids is 3. The summed E-state index contributed by atoms with van der Waals surface area (Å²) < 4.78 is 10.8. The standard InChI is InChI=1S/C26H31N3O5/c1-33-22-15-20(26(32)28-12-4-3-5-13-28)21(16-23(22)34-2)27-25(31)19-10-8-18(9-11-19)17-29-14-6-7-24(29)30/h8-11,15-16H,3-7,12-14,17H2,1-2H3,(H,27,31). The zero-order chi connectivity index (χ0) is 24.1. The smallest absolute Gasteiger partial charge is 0.256 e. The number of hydrogen-bond donors (Lipinski definition) is 1. The number of nitrogens with one attached hydrogen (secondary N) is 1. The predicted molar refractivity (Wildman–Crippen MR) is 128 cm³/mol. The molecule has 0 aromatic heterocycles. The third-order valence-corrected chi connectivity index (χ3v) is 6.41. The van der Waals surface area contributed by atoms with Crippen LogP contribution in [0.2, 0.25) is 0 Å². The summed E-state index contributed by atoms with van der Waals surface area (Å²) in [5.74, 6) is 0.562. The Morgan fingerprint density at radius 2 is 1.59 bits per heavy atom. The lowest BCUT2D eigenvalue weighted by Gasteiger charge is -2.28. The lowest BCUT2D eigenvalue weighted by Crippen LogP contribution is -2.36. The minimum Gasteiger partial charge on any atom is -0.493 e. The van der Waals surface area contributed by atoms with Gasteiger partial charge in [-0.05, 0) is 49.4 Å². The number of methoxy groups -OCH3 is 2. The maximum Gasteiger partial charge on any atom is 0.256 e. The Hall–Kier alpha value is -3.55. The second-order valence-corrected chi connectivity index (χ2v) is 8.68. The third-order valence-electron chi connectivity index (χ3n) is 6.41. The van der Waals surface area contributed by atoms with Gasteiger partial charge in [0.25, 0.3) is 11.8 Å². The molecule has 0 bridgehead atoms. The van der Waals surface area contributed by atoms with Crippen molar-refractivity contribution in [2.75, 3.05) is 39.2 Å². The van der Waals surface area contributed by atoms with Crippen LogP contribution in [0.5, 0.6) is 11.5 Å². The van der Waals surface area contributed by atoms with Gasteiger partial charge in [0.1, 0.15) is 0 Å². The molecule has 0 unspecified atom stereocenters. The Labute approximate surface area is 199 Å². The van der Waals surface area contributed by atoms with Gasteiger partial charge in [0.2, 0.25) is 5.91 Å². The molecule has 0 aliphatic carbocycles. The van der Waals surface area contributed by atoms with E-state index in [4.69, 9.17) is 9.47 Å². The number of piperidine rings is 1. The molecule has 3 amide bonds. The van der Waals surface area contributed by atoms with Gasteiger partial charge >= 0.3 is 0 Å². The predicted octanol–water partition coefficient (Wildman–Crippen LogP) is 3.70. The normalized spacial score (nSPS) is 15.9. The molecule has 1 N–H and O–H groups in total. The summed E-state index contributed by atoms with van der Waals surface area (Å²) in [7, 11) is 3.03. The van der Waals surface area contributed by atoms with Gasteiger partial charge in [0.05, 0.1) is 25.5 Å². The zero-order valence-corrected chi connectivity index (χ0v) is 19.8. The quantitative estimate of drug-likeness (QED) is 0.674. The number of amides is 3. The molecule has 2 aliphatic rings. The first-order valence-electron chi connectivity index (χ1n) is 11.7. The SMILES string of the molecule is COc1cc(NC(=O)c2ccc(CN3CCCC3=O)cc2)c(C(=O)N2CCCCC2)cc1OC. The van der Waals surface area contributed by atoms with Crippen LogP contribution in [0.1, 0.15) is 58.4 Å². The van der Waals surface area contributed by atoms with Crippen LogP contribution in [0.3, 0.4) is 0 Å². The number of ether oxygens (including phenoxy) is 2. The number of hydrogen-bond acceptors (Lipinski definition) is 5. The average Bonchev–Trinajstić information content (AvgIpc) is 3.28. The second kappa shape index (κ2) is 10.6. The van der Waals surface area contributed by atoms with Gasteiger partial charge < -0.3 is 24.6 Å². The molecule has 0 saturated carbocycles. The molecule has 2 aromatic rings. The van der Waals surface area contributed by atoms with Crippen LogP contribution in [0, 0.1) is 0 Å². The first kappa shape index (κ1) is 23.6. The van der Waals surface area contributed by atoms with Crippen LogP contribution in [0.25, 0.3) is 0 Å². The first-order chi connectivity index (χ1) is 16.5. The molecule has 8 nitrogen and oxygen atoms in total. The lowest BCUT2D eigenvalue weighted by atomic mass is 10.1. The van der Waals surface area contributed by atoms with Crippen molar-refractivity contribution in [1.82, 2.24) is 9.80 Å². The first-order valence-corrected chi connectivity index (χ1v) is 11.7. The van der Waals surface area contributed by atoms with Crippen molar-refractivity contribution >= 4 is 23.4 Å². The summed E-state index contributed by atoms with van der Waals surface area (Å²) in [6, 6.07) is 10.4. The highest BCUT2D eigenvalue weighted by Gasteiger charge is 2.25. The number of likely N-dealkylation sites (tertiary alicyclic amines) is 2. The lowest BCUT2D eigenvalue weighted by molar-refractivity contribution is -0.128. The fourth-order valence-corrected chi connectivity index (χ4v) is 4.47. The Kier molecular flexibility index (Phi) is 7.35. The van der Waals surface area contributed by atoms with Gasteiger partial charge in [-0.2, -0.15) is 0 Å². The summed E-state index contributed by atoms with van der Waals surface area (Å²) in [4.78, 5) is 41.9. The van der Waals surface area contributed by atoms with E-state index in [1.807, 2.05) is 21.9 Å². The van der Waals surface area contributed by atoms with E-state index in [1.165, 1.54) is 14.2 Å². The Bertz CT molecular complexity index is 1060. The van der Waals surface area contributed by atoms with Crippen LogP contribution >= 0.6 is 0 Å². The fourth-order valence-electron chi connectivity index (χ4n) is 4.47. The Balaban J connectivity index is 1.54. The third kappa shape index (κ3) is 5.16. The molecule has 2 saturated heterocycles. The molecule has 0 spiro atoms. The van der Waals surface area contributed by atoms with Crippen molar-refractivity contribution in [1.29, 1.82) is 0 Å². The van der Waals surface area contributed by atoms with E-state index in [9.17, 15) is 14.4 Å². The van der Waals surface area contributed by atoms with Crippen LogP contribution in [0.15, 0.2) is 36.4 Å². The maximum atomic E-state index is 13.3. The van der Waals surface area contributed by atoms with E-state index in [-0.39, 0.29) is 17.7 Å². The largest absolute Gasteiger partial charge is 0.493 e. The highest BCUT2D eigenvalue weighted by Crippen LogP contribution is 2.34. The van der Waals surface area contributed by atoms with Crippen LogP contribution < -0.4 is 14.8 Å².